The van der Waals surface area contributed by atoms with Gasteiger partial charge in [0.15, 0.2) is 0 Å². The monoisotopic (exact) mass is 242 g/mol. The van der Waals surface area contributed by atoms with Crippen molar-refractivity contribution in [3.63, 3.8) is 0 Å². The van der Waals surface area contributed by atoms with Crippen LogP contribution in [0, 0.1) is 47.3 Å². The van der Waals surface area contributed by atoms with Gasteiger partial charge in [0.25, 0.3) is 0 Å². The maximum absolute atomic E-state index is 11.5. The molecule has 0 spiro atoms. The zero-order valence-electron chi connectivity index (χ0n) is 10.7. The van der Waals surface area contributed by atoms with Gasteiger partial charge in [-0.15, -0.1) is 0 Å². The minimum atomic E-state index is -0.268. The van der Waals surface area contributed by atoms with Crippen molar-refractivity contribution in [2.24, 2.45) is 35.5 Å². The summed E-state index contributed by atoms with van der Waals surface area (Å²) in [5.41, 5.74) is -0.261. The average molecular weight is 242 g/mol. The predicted molar refractivity (Wildman–Crippen MR) is 67.3 cm³/mol. The molecule has 18 heavy (non-hydrogen) atoms. The van der Waals surface area contributed by atoms with Gasteiger partial charge in [0.2, 0.25) is 0 Å². The normalized spacial score (nSPS) is 53.8. The summed E-state index contributed by atoms with van der Waals surface area (Å²) in [4.78, 5) is 11.5. The van der Waals surface area contributed by atoms with Crippen LogP contribution in [0.1, 0.15) is 26.2 Å². The quantitative estimate of drug-likeness (QED) is 0.322. The Balaban J connectivity index is 1.64. The van der Waals surface area contributed by atoms with Crippen LogP contribution < -0.4 is 0 Å². The van der Waals surface area contributed by atoms with E-state index in [1.54, 1.807) is 0 Å². The molecule has 0 saturated heterocycles. The maximum atomic E-state index is 11.5. The molecular formula is C16H18O2. The molecule has 0 radical (unpaired) electrons. The van der Waals surface area contributed by atoms with Crippen LogP contribution in [-0.4, -0.2) is 11.6 Å². The average Bonchev–Trinajstić information content (AvgIpc) is 3.03. The van der Waals surface area contributed by atoms with E-state index in [4.69, 9.17) is 4.74 Å². The topological polar surface area (TPSA) is 26.3 Å². The van der Waals surface area contributed by atoms with Gasteiger partial charge in [-0.2, -0.15) is 0 Å². The highest BCUT2D eigenvalue weighted by Gasteiger charge is 2.66. The summed E-state index contributed by atoms with van der Waals surface area (Å²) in [6.45, 7) is 5.62. The van der Waals surface area contributed by atoms with E-state index in [1.165, 1.54) is 18.9 Å². The number of hydrogen-bond acceptors (Lipinski definition) is 2. The molecule has 0 aliphatic heterocycles. The molecule has 3 fully saturated rings. The van der Waals surface area contributed by atoms with Crippen LogP contribution >= 0.6 is 0 Å². The molecule has 2 heteroatoms. The van der Waals surface area contributed by atoms with Gasteiger partial charge < -0.3 is 4.74 Å². The van der Waals surface area contributed by atoms with Crippen molar-refractivity contribution in [2.45, 2.75) is 31.8 Å². The molecule has 2 nitrogen and oxygen atoms in total. The van der Waals surface area contributed by atoms with Crippen LogP contribution in [0.3, 0.4) is 0 Å². The van der Waals surface area contributed by atoms with Gasteiger partial charge in [0, 0.05) is 23.8 Å². The van der Waals surface area contributed by atoms with Gasteiger partial charge in [0.05, 0.1) is 0 Å². The second-order valence-corrected chi connectivity index (χ2v) is 6.64. The number of carbonyl (C=O) groups is 1. The van der Waals surface area contributed by atoms with Crippen LogP contribution in [0.4, 0.5) is 0 Å². The van der Waals surface area contributed by atoms with Crippen LogP contribution in [-0.2, 0) is 9.53 Å². The van der Waals surface area contributed by atoms with E-state index in [9.17, 15) is 4.79 Å². The SMILES string of the molecule is C=CC(=O)OC1(C)CC2CC1C1C3C#CC(C3)C21. The summed E-state index contributed by atoms with van der Waals surface area (Å²) < 4.78 is 5.69. The summed E-state index contributed by atoms with van der Waals surface area (Å²) in [7, 11) is 0. The van der Waals surface area contributed by atoms with Gasteiger partial charge in [-0.05, 0) is 43.9 Å². The Hall–Kier alpha value is -1.23. The van der Waals surface area contributed by atoms with Gasteiger partial charge in [-0.25, -0.2) is 4.79 Å². The van der Waals surface area contributed by atoms with Crippen molar-refractivity contribution in [1.82, 2.24) is 0 Å². The fraction of sp³-hybridized carbons (Fsp3) is 0.688. The number of rotatable bonds is 2. The fourth-order valence-electron chi connectivity index (χ4n) is 5.42. The lowest BCUT2D eigenvalue weighted by Gasteiger charge is -2.41. The lowest BCUT2D eigenvalue weighted by Crippen LogP contribution is -2.44. The van der Waals surface area contributed by atoms with Crippen molar-refractivity contribution in [3.8, 4) is 11.8 Å². The highest BCUT2D eigenvalue weighted by Crippen LogP contribution is 2.67. The molecular weight excluding hydrogens is 224 g/mol. The highest BCUT2D eigenvalue weighted by molar-refractivity contribution is 5.81. The molecule has 4 aliphatic rings. The predicted octanol–water partition coefficient (Wildman–Crippen LogP) is 2.40. The summed E-state index contributed by atoms with van der Waals surface area (Å²) in [5.74, 6) is 10.5. The first-order chi connectivity index (χ1) is 8.62. The lowest BCUT2D eigenvalue weighted by molar-refractivity contribution is -0.161. The fourth-order valence-corrected chi connectivity index (χ4v) is 5.42. The molecule has 0 aromatic rings. The molecule has 0 aromatic carbocycles. The molecule has 0 amide bonds. The van der Waals surface area contributed by atoms with E-state index < -0.39 is 0 Å². The van der Waals surface area contributed by atoms with Crippen molar-refractivity contribution >= 4 is 5.97 Å². The summed E-state index contributed by atoms with van der Waals surface area (Å²) in [5, 5.41) is 0. The smallest absolute Gasteiger partial charge is 0.330 e. The Morgan fingerprint density at radius 1 is 1.33 bits per heavy atom. The molecule has 3 saturated carbocycles. The third-order valence-corrected chi connectivity index (χ3v) is 5.85. The van der Waals surface area contributed by atoms with Gasteiger partial charge in [0.1, 0.15) is 5.60 Å². The molecule has 0 N–H and O–H groups in total. The molecule has 4 rings (SSSR count). The first kappa shape index (κ1) is 10.7. The van der Waals surface area contributed by atoms with Crippen LogP contribution in [0.5, 0.6) is 0 Å². The molecule has 0 aromatic heterocycles. The third-order valence-electron chi connectivity index (χ3n) is 5.85. The summed E-state index contributed by atoms with van der Waals surface area (Å²) >= 11 is 0. The minimum Gasteiger partial charge on any atom is -0.456 e. The van der Waals surface area contributed by atoms with E-state index in [0.717, 1.165) is 18.3 Å². The van der Waals surface area contributed by atoms with Gasteiger partial charge in [-0.3, -0.25) is 0 Å². The number of esters is 1. The van der Waals surface area contributed by atoms with Crippen molar-refractivity contribution in [3.05, 3.63) is 12.7 Å². The van der Waals surface area contributed by atoms with E-state index in [2.05, 4.69) is 25.3 Å². The van der Waals surface area contributed by atoms with Crippen molar-refractivity contribution < 1.29 is 9.53 Å². The Morgan fingerprint density at radius 3 is 2.78 bits per heavy atom. The Bertz CT molecular complexity index is 497. The largest absolute Gasteiger partial charge is 0.456 e. The standard InChI is InChI=1S/C16H18O2/c1-3-13(17)18-16(2)8-11-7-12(16)15-10-5-4-9(6-10)14(11)15/h3,9-12,14-15H,1,6-8H2,2H3. The van der Waals surface area contributed by atoms with E-state index in [-0.39, 0.29) is 11.6 Å². The first-order valence-electron chi connectivity index (χ1n) is 6.99. The molecule has 4 aliphatic carbocycles. The minimum absolute atomic E-state index is 0.261. The summed E-state index contributed by atoms with van der Waals surface area (Å²) in [6.07, 6.45) is 4.79. The van der Waals surface area contributed by atoms with E-state index in [1.807, 2.05) is 0 Å². The second-order valence-electron chi connectivity index (χ2n) is 6.64. The second kappa shape index (κ2) is 3.20. The third kappa shape index (κ3) is 1.13. The molecule has 4 bridgehead atoms. The maximum Gasteiger partial charge on any atom is 0.330 e. The number of fused-ring (bicyclic) bond motifs is 9. The molecule has 7 atom stereocenters. The molecule has 7 unspecified atom stereocenters. The summed E-state index contributed by atoms with van der Waals surface area (Å²) in [6, 6.07) is 0. The number of ether oxygens (including phenoxy) is 1. The van der Waals surface area contributed by atoms with E-state index >= 15 is 0 Å². The van der Waals surface area contributed by atoms with Crippen LogP contribution in [0.2, 0.25) is 0 Å². The zero-order chi connectivity index (χ0) is 12.5. The van der Waals surface area contributed by atoms with Crippen LogP contribution in [0.25, 0.3) is 0 Å². The highest BCUT2D eigenvalue weighted by atomic mass is 16.6. The first-order valence-corrected chi connectivity index (χ1v) is 6.99. The Kier molecular flexibility index (Phi) is 1.90. The Labute approximate surface area is 108 Å². The molecule has 94 valence electrons. The molecule has 0 heterocycles. The number of hydrogen-bond donors (Lipinski definition) is 0. The van der Waals surface area contributed by atoms with Crippen molar-refractivity contribution in [2.75, 3.05) is 0 Å². The van der Waals surface area contributed by atoms with Crippen molar-refractivity contribution in [1.29, 1.82) is 0 Å². The van der Waals surface area contributed by atoms with Gasteiger partial charge >= 0.3 is 5.97 Å². The Morgan fingerprint density at radius 2 is 2.06 bits per heavy atom. The zero-order valence-corrected chi connectivity index (χ0v) is 10.7. The van der Waals surface area contributed by atoms with Crippen LogP contribution in [0.15, 0.2) is 12.7 Å². The number of carbonyl (C=O) groups excluding carboxylic acids is 1. The lowest BCUT2D eigenvalue weighted by atomic mass is 9.68. The van der Waals surface area contributed by atoms with E-state index in [0.29, 0.717) is 23.7 Å². The van der Waals surface area contributed by atoms with Gasteiger partial charge in [-0.1, -0.05) is 18.4 Å².